The average molecular weight is 481 g/mol. The number of methoxy groups -OCH3 is 3. The van der Waals surface area contributed by atoms with Crippen LogP contribution in [-0.4, -0.2) is 44.6 Å². The van der Waals surface area contributed by atoms with Crippen molar-refractivity contribution in [3.8, 4) is 23.0 Å². The molecule has 1 N–H and O–H groups in total. The predicted molar refractivity (Wildman–Crippen MR) is 134 cm³/mol. The summed E-state index contributed by atoms with van der Waals surface area (Å²) in [5.41, 5.74) is 2.63. The van der Waals surface area contributed by atoms with Crippen molar-refractivity contribution in [2.45, 2.75) is 12.0 Å². The van der Waals surface area contributed by atoms with E-state index in [2.05, 4.69) is 5.32 Å². The second-order valence-electron chi connectivity index (χ2n) is 7.60. The van der Waals surface area contributed by atoms with Crippen molar-refractivity contribution >= 4 is 23.5 Å². The lowest BCUT2D eigenvalue weighted by Crippen LogP contribution is -2.34. The SMILES string of the molecule is COc1ccc(NC(=O)N2CCSC2c2ccc(OC)c(OCc3ccccc3)c2)c(OC)c1. The molecule has 178 valence electrons. The minimum Gasteiger partial charge on any atom is -0.497 e. The molecule has 1 saturated heterocycles. The van der Waals surface area contributed by atoms with E-state index in [1.54, 1.807) is 51.3 Å². The molecular weight excluding hydrogens is 452 g/mol. The quantitative estimate of drug-likeness (QED) is 0.455. The fraction of sp³-hybridized carbons (Fsp3) is 0.269. The number of carbonyl (C=O) groups is 1. The lowest BCUT2D eigenvalue weighted by Gasteiger charge is -2.25. The van der Waals surface area contributed by atoms with Crippen LogP contribution in [0.1, 0.15) is 16.5 Å². The Morgan fingerprint density at radius 1 is 0.941 bits per heavy atom. The predicted octanol–water partition coefficient (Wildman–Crippen LogP) is 5.57. The summed E-state index contributed by atoms with van der Waals surface area (Å²) in [7, 11) is 4.77. The maximum atomic E-state index is 13.2. The first-order chi connectivity index (χ1) is 16.6. The first-order valence-corrected chi connectivity index (χ1v) is 11.9. The zero-order valence-electron chi connectivity index (χ0n) is 19.4. The Balaban J connectivity index is 1.51. The Kier molecular flexibility index (Phi) is 7.69. The standard InChI is InChI=1S/C26H28N2O5S/c1-30-20-10-11-21(23(16-20)32-3)27-26(29)28-13-14-34-25(28)19-9-12-22(31-2)24(15-19)33-17-18-7-5-4-6-8-18/h4-12,15-16,25H,13-14,17H2,1-3H3,(H,27,29). The summed E-state index contributed by atoms with van der Waals surface area (Å²) >= 11 is 1.71. The molecule has 3 aromatic rings. The minimum atomic E-state index is -0.193. The maximum Gasteiger partial charge on any atom is 0.323 e. The summed E-state index contributed by atoms with van der Waals surface area (Å²) in [5.74, 6) is 3.34. The Morgan fingerprint density at radius 2 is 1.74 bits per heavy atom. The van der Waals surface area contributed by atoms with E-state index in [0.717, 1.165) is 16.9 Å². The van der Waals surface area contributed by atoms with Gasteiger partial charge in [-0.25, -0.2) is 4.79 Å². The van der Waals surface area contributed by atoms with Crippen molar-refractivity contribution in [1.29, 1.82) is 0 Å². The molecule has 1 aliphatic heterocycles. The summed E-state index contributed by atoms with van der Waals surface area (Å²) in [4.78, 5) is 15.0. The van der Waals surface area contributed by atoms with Gasteiger partial charge in [0, 0.05) is 18.4 Å². The van der Waals surface area contributed by atoms with Gasteiger partial charge in [0.1, 0.15) is 23.5 Å². The number of urea groups is 1. The number of rotatable bonds is 8. The van der Waals surface area contributed by atoms with Crippen molar-refractivity contribution in [2.24, 2.45) is 0 Å². The van der Waals surface area contributed by atoms with Gasteiger partial charge in [0.05, 0.1) is 27.0 Å². The van der Waals surface area contributed by atoms with Crippen LogP contribution in [0.15, 0.2) is 66.7 Å². The molecule has 0 radical (unpaired) electrons. The molecule has 4 rings (SSSR count). The third-order valence-corrected chi connectivity index (χ3v) is 6.77. The number of thioether (sulfide) groups is 1. The number of benzene rings is 3. The molecule has 0 spiro atoms. The highest BCUT2D eigenvalue weighted by Gasteiger charge is 2.32. The van der Waals surface area contributed by atoms with Gasteiger partial charge in [0.15, 0.2) is 11.5 Å². The highest BCUT2D eigenvalue weighted by atomic mass is 32.2. The average Bonchev–Trinajstić information content (AvgIpc) is 3.38. The Bertz CT molecular complexity index is 1130. The molecule has 8 heteroatoms. The number of anilines is 1. The number of ether oxygens (including phenoxy) is 4. The van der Waals surface area contributed by atoms with Crippen LogP contribution < -0.4 is 24.3 Å². The Hall–Kier alpha value is -3.52. The Labute approximate surface area is 204 Å². The van der Waals surface area contributed by atoms with Crippen LogP contribution in [0.5, 0.6) is 23.0 Å². The second-order valence-corrected chi connectivity index (χ2v) is 8.79. The third-order valence-electron chi connectivity index (χ3n) is 5.51. The van der Waals surface area contributed by atoms with E-state index in [9.17, 15) is 4.79 Å². The molecule has 1 unspecified atom stereocenters. The van der Waals surface area contributed by atoms with Crippen molar-refractivity contribution in [2.75, 3.05) is 38.9 Å². The minimum absolute atomic E-state index is 0.144. The summed E-state index contributed by atoms with van der Waals surface area (Å²) in [5, 5.41) is 2.83. The summed E-state index contributed by atoms with van der Waals surface area (Å²) in [6.07, 6.45) is 0. The number of carbonyl (C=O) groups excluding carboxylic acids is 1. The number of nitrogens with zero attached hydrogens (tertiary/aromatic N) is 1. The van der Waals surface area contributed by atoms with Crippen LogP contribution >= 0.6 is 11.8 Å². The smallest absolute Gasteiger partial charge is 0.323 e. The third kappa shape index (κ3) is 5.34. The van der Waals surface area contributed by atoms with Crippen LogP contribution in [-0.2, 0) is 6.61 Å². The lowest BCUT2D eigenvalue weighted by atomic mass is 10.1. The molecule has 0 saturated carbocycles. The zero-order valence-corrected chi connectivity index (χ0v) is 20.3. The fourth-order valence-electron chi connectivity index (χ4n) is 3.74. The van der Waals surface area contributed by atoms with E-state index in [1.807, 2.05) is 53.4 Å². The van der Waals surface area contributed by atoms with E-state index < -0.39 is 0 Å². The molecular formula is C26H28N2O5S. The number of hydrogen-bond donors (Lipinski definition) is 1. The van der Waals surface area contributed by atoms with Gasteiger partial charge in [-0.05, 0) is 35.4 Å². The highest BCUT2D eigenvalue weighted by Crippen LogP contribution is 2.42. The van der Waals surface area contributed by atoms with E-state index >= 15 is 0 Å². The molecule has 34 heavy (non-hydrogen) atoms. The van der Waals surface area contributed by atoms with Gasteiger partial charge < -0.3 is 29.2 Å². The van der Waals surface area contributed by atoms with Gasteiger partial charge >= 0.3 is 6.03 Å². The largest absolute Gasteiger partial charge is 0.497 e. The molecule has 0 bridgehead atoms. The molecule has 1 heterocycles. The van der Waals surface area contributed by atoms with Gasteiger partial charge in [-0.1, -0.05) is 36.4 Å². The molecule has 1 fully saturated rings. The van der Waals surface area contributed by atoms with E-state index in [4.69, 9.17) is 18.9 Å². The number of hydrogen-bond acceptors (Lipinski definition) is 6. The van der Waals surface area contributed by atoms with Crippen molar-refractivity contribution in [3.63, 3.8) is 0 Å². The molecule has 1 atom stereocenters. The Morgan fingerprint density at radius 3 is 2.47 bits per heavy atom. The van der Waals surface area contributed by atoms with Gasteiger partial charge in [-0.15, -0.1) is 11.8 Å². The van der Waals surface area contributed by atoms with E-state index in [-0.39, 0.29) is 11.4 Å². The van der Waals surface area contributed by atoms with Crippen LogP contribution in [0.3, 0.4) is 0 Å². The van der Waals surface area contributed by atoms with Gasteiger partial charge in [0.25, 0.3) is 0 Å². The summed E-state index contributed by atoms with van der Waals surface area (Å²) < 4.78 is 22.2. The van der Waals surface area contributed by atoms with Crippen LogP contribution in [0, 0.1) is 0 Å². The van der Waals surface area contributed by atoms with Gasteiger partial charge in [-0.3, -0.25) is 0 Å². The molecule has 3 aromatic carbocycles. The number of nitrogens with one attached hydrogen (secondary N) is 1. The second kappa shape index (κ2) is 11.1. The number of amides is 2. The normalized spacial score (nSPS) is 15.0. The van der Waals surface area contributed by atoms with E-state index in [1.165, 1.54) is 0 Å². The van der Waals surface area contributed by atoms with Crippen molar-refractivity contribution in [3.05, 3.63) is 77.9 Å². The fourth-order valence-corrected chi connectivity index (χ4v) is 4.98. The van der Waals surface area contributed by atoms with Crippen LogP contribution in [0.2, 0.25) is 0 Å². The molecule has 1 aliphatic rings. The monoisotopic (exact) mass is 480 g/mol. The van der Waals surface area contributed by atoms with Gasteiger partial charge in [-0.2, -0.15) is 0 Å². The summed E-state index contributed by atoms with van der Waals surface area (Å²) in [6.45, 7) is 1.06. The van der Waals surface area contributed by atoms with Crippen molar-refractivity contribution in [1.82, 2.24) is 4.90 Å². The van der Waals surface area contributed by atoms with Crippen LogP contribution in [0.25, 0.3) is 0 Å². The first-order valence-electron chi connectivity index (χ1n) is 10.9. The molecule has 2 amide bonds. The summed E-state index contributed by atoms with van der Waals surface area (Å²) in [6, 6.07) is 20.9. The molecule has 0 aromatic heterocycles. The molecule has 0 aliphatic carbocycles. The lowest BCUT2D eigenvalue weighted by molar-refractivity contribution is 0.214. The van der Waals surface area contributed by atoms with Crippen molar-refractivity contribution < 1.29 is 23.7 Å². The first kappa shape index (κ1) is 23.6. The van der Waals surface area contributed by atoms with Gasteiger partial charge in [0.2, 0.25) is 0 Å². The maximum absolute atomic E-state index is 13.2. The topological polar surface area (TPSA) is 69.3 Å². The van der Waals surface area contributed by atoms with E-state index in [0.29, 0.717) is 41.8 Å². The zero-order chi connectivity index (χ0) is 23.9. The molecule has 7 nitrogen and oxygen atoms in total. The van der Waals surface area contributed by atoms with Crippen LogP contribution in [0.4, 0.5) is 10.5 Å². The highest BCUT2D eigenvalue weighted by molar-refractivity contribution is 7.99.